The first-order valence-corrected chi connectivity index (χ1v) is 9.74. The van der Waals surface area contributed by atoms with E-state index in [4.69, 9.17) is 4.74 Å². The van der Waals surface area contributed by atoms with Crippen molar-refractivity contribution in [2.45, 2.75) is 0 Å². The highest BCUT2D eigenvalue weighted by Gasteiger charge is 2.22. The van der Waals surface area contributed by atoms with Crippen molar-refractivity contribution in [1.82, 2.24) is 19.8 Å². The minimum atomic E-state index is -0.164. The predicted octanol–water partition coefficient (Wildman–Crippen LogP) is 0.971. The van der Waals surface area contributed by atoms with Crippen LogP contribution in [0, 0.1) is 0 Å². The quantitative estimate of drug-likeness (QED) is 0.753. The molecule has 1 aromatic heterocycles. The van der Waals surface area contributed by atoms with E-state index in [0.717, 1.165) is 30.9 Å². The Morgan fingerprint density at radius 1 is 1.00 bits per heavy atom. The third-order valence-electron chi connectivity index (χ3n) is 5.14. The number of morpholine rings is 1. The van der Waals surface area contributed by atoms with Gasteiger partial charge in [-0.15, -0.1) is 0 Å². The summed E-state index contributed by atoms with van der Waals surface area (Å²) in [7, 11) is 0. The minimum Gasteiger partial charge on any atom is -0.378 e. The largest absolute Gasteiger partial charge is 0.378 e. The van der Waals surface area contributed by atoms with Crippen LogP contribution in [-0.4, -0.2) is 84.6 Å². The first-order valence-electron chi connectivity index (χ1n) is 9.74. The van der Waals surface area contributed by atoms with Crippen LogP contribution in [0.15, 0.2) is 36.7 Å². The Kier molecular flexibility index (Phi) is 5.85. The van der Waals surface area contributed by atoms with Crippen molar-refractivity contribution in [3.63, 3.8) is 0 Å². The molecule has 0 spiro atoms. The number of piperazine rings is 1. The third kappa shape index (κ3) is 4.45. The summed E-state index contributed by atoms with van der Waals surface area (Å²) >= 11 is 0. The Hall–Kier alpha value is -3.20. The maximum atomic E-state index is 12.6. The van der Waals surface area contributed by atoms with Crippen LogP contribution in [-0.2, 0) is 9.53 Å². The van der Waals surface area contributed by atoms with Gasteiger partial charge in [0.15, 0.2) is 0 Å². The summed E-state index contributed by atoms with van der Waals surface area (Å²) in [5.74, 6) is 0.413. The first kappa shape index (κ1) is 19.1. The van der Waals surface area contributed by atoms with Gasteiger partial charge in [0, 0.05) is 39.3 Å². The van der Waals surface area contributed by atoms with Gasteiger partial charge in [0.1, 0.15) is 11.5 Å². The Bertz CT molecular complexity index is 846. The second-order valence-electron chi connectivity index (χ2n) is 6.96. The fourth-order valence-corrected chi connectivity index (χ4v) is 3.49. The average Bonchev–Trinajstić information content (AvgIpc) is 2.80. The smallest absolute Gasteiger partial charge is 0.274 e. The van der Waals surface area contributed by atoms with Crippen LogP contribution < -0.4 is 10.2 Å². The fraction of sp³-hybridized carbons (Fsp3) is 0.400. The lowest BCUT2D eigenvalue weighted by atomic mass is 10.2. The van der Waals surface area contributed by atoms with Gasteiger partial charge in [-0.05, 0) is 12.1 Å². The molecular weight excluding hydrogens is 372 g/mol. The lowest BCUT2D eigenvalue weighted by Gasteiger charge is -2.32. The van der Waals surface area contributed by atoms with Gasteiger partial charge in [0.05, 0.1) is 37.0 Å². The van der Waals surface area contributed by atoms with Gasteiger partial charge in [0.2, 0.25) is 6.41 Å². The molecule has 0 aliphatic carbocycles. The minimum absolute atomic E-state index is 0.164. The number of anilines is 3. The first-order chi connectivity index (χ1) is 14.2. The molecule has 0 unspecified atom stereocenters. The summed E-state index contributed by atoms with van der Waals surface area (Å²) in [6.07, 6.45) is 3.88. The van der Waals surface area contributed by atoms with Crippen molar-refractivity contribution >= 4 is 29.5 Å². The molecule has 0 atom stereocenters. The highest BCUT2D eigenvalue weighted by atomic mass is 16.5. The average molecular weight is 396 g/mol. The molecule has 2 aliphatic rings. The van der Waals surface area contributed by atoms with E-state index in [1.165, 1.54) is 6.20 Å². The molecule has 2 saturated heterocycles. The normalized spacial score (nSPS) is 17.2. The number of rotatable bonds is 5. The van der Waals surface area contributed by atoms with Crippen molar-refractivity contribution in [2.75, 3.05) is 62.7 Å². The van der Waals surface area contributed by atoms with E-state index < -0.39 is 0 Å². The molecule has 9 heteroatoms. The van der Waals surface area contributed by atoms with E-state index in [1.807, 2.05) is 18.2 Å². The van der Waals surface area contributed by atoms with E-state index in [0.29, 0.717) is 50.9 Å². The number of carbonyl (C=O) groups excluding carboxylic acids is 2. The lowest BCUT2D eigenvalue weighted by molar-refractivity contribution is -0.119. The Morgan fingerprint density at radius 3 is 2.45 bits per heavy atom. The molecule has 0 saturated carbocycles. The lowest BCUT2D eigenvalue weighted by Crippen LogP contribution is -2.48. The molecular formula is C20H24N6O3. The molecule has 1 aromatic carbocycles. The van der Waals surface area contributed by atoms with Gasteiger partial charge < -0.3 is 24.8 Å². The van der Waals surface area contributed by atoms with Crippen LogP contribution in [0.25, 0.3) is 0 Å². The van der Waals surface area contributed by atoms with Crippen molar-refractivity contribution in [3.05, 3.63) is 42.4 Å². The number of hydrogen-bond acceptors (Lipinski definition) is 7. The molecule has 9 nitrogen and oxygen atoms in total. The third-order valence-corrected chi connectivity index (χ3v) is 5.14. The monoisotopic (exact) mass is 396 g/mol. The number of benzene rings is 1. The number of carbonyl (C=O) groups is 2. The number of aromatic nitrogens is 2. The molecule has 2 fully saturated rings. The second-order valence-corrected chi connectivity index (χ2v) is 6.96. The van der Waals surface area contributed by atoms with Crippen LogP contribution >= 0.6 is 0 Å². The standard InChI is InChI=1S/C20H24N6O3/c27-15-24-5-7-26(8-6-24)20(28)17-13-22-19(14-21-17)23-16-3-1-2-4-18(16)25-9-11-29-12-10-25/h1-4,13-15H,5-12H2,(H,22,23). The fourth-order valence-electron chi connectivity index (χ4n) is 3.49. The molecule has 152 valence electrons. The predicted molar refractivity (Wildman–Crippen MR) is 108 cm³/mol. The van der Waals surface area contributed by atoms with Gasteiger partial charge >= 0.3 is 0 Å². The molecule has 4 rings (SSSR count). The van der Waals surface area contributed by atoms with Crippen molar-refractivity contribution in [2.24, 2.45) is 0 Å². The number of hydrogen-bond donors (Lipinski definition) is 1. The second kappa shape index (κ2) is 8.87. The molecule has 3 heterocycles. The SMILES string of the molecule is O=CN1CCN(C(=O)c2cnc(Nc3ccccc3N3CCOCC3)cn2)CC1. The molecule has 1 N–H and O–H groups in total. The van der Waals surface area contributed by atoms with Crippen LogP contribution in [0.3, 0.4) is 0 Å². The summed E-state index contributed by atoms with van der Waals surface area (Å²) in [6.45, 7) is 5.21. The zero-order chi connectivity index (χ0) is 20.1. The van der Waals surface area contributed by atoms with Gasteiger partial charge in [-0.3, -0.25) is 9.59 Å². The summed E-state index contributed by atoms with van der Waals surface area (Å²) in [6, 6.07) is 8.04. The number of ether oxygens (including phenoxy) is 1. The number of nitrogens with zero attached hydrogens (tertiary/aromatic N) is 5. The topological polar surface area (TPSA) is 90.9 Å². The number of nitrogens with one attached hydrogen (secondary N) is 1. The Morgan fingerprint density at radius 2 is 1.76 bits per heavy atom. The van der Waals surface area contributed by atoms with Crippen molar-refractivity contribution in [3.8, 4) is 0 Å². The van der Waals surface area contributed by atoms with E-state index >= 15 is 0 Å². The van der Waals surface area contributed by atoms with E-state index in [-0.39, 0.29) is 5.91 Å². The van der Waals surface area contributed by atoms with Gasteiger partial charge in [-0.1, -0.05) is 12.1 Å². The van der Waals surface area contributed by atoms with E-state index in [9.17, 15) is 9.59 Å². The molecule has 0 bridgehead atoms. The Labute approximate surface area is 169 Å². The van der Waals surface area contributed by atoms with Crippen LogP contribution in [0.1, 0.15) is 10.5 Å². The van der Waals surface area contributed by atoms with Crippen molar-refractivity contribution < 1.29 is 14.3 Å². The Balaban J connectivity index is 1.43. The maximum Gasteiger partial charge on any atom is 0.274 e. The summed E-state index contributed by atoms with van der Waals surface area (Å²) < 4.78 is 5.44. The van der Waals surface area contributed by atoms with E-state index in [1.54, 1.807) is 16.0 Å². The summed E-state index contributed by atoms with van der Waals surface area (Å²) in [4.78, 5) is 37.7. The van der Waals surface area contributed by atoms with Gasteiger partial charge in [-0.2, -0.15) is 0 Å². The zero-order valence-electron chi connectivity index (χ0n) is 16.2. The summed E-state index contributed by atoms with van der Waals surface area (Å²) in [5, 5.41) is 3.30. The molecule has 2 amide bonds. The molecule has 2 aliphatic heterocycles. The molecule has 29 heavy (non-hydrogen) atoms. The van der Waals surface area contributed by atoms with Gasteiger partial charge in [0.25, 0.3) is 5.91 Å². The number of para-hydroxylation sites is 2. The van der Waals surface area contributed by atoms with Gasteiger partial charge in [-0.25, -0.2) is 9.97 Å². The van der Waals surface area contributed by atoms with Crippen LogP contribution in [0.4, 0.5) is 17.2 Å². The van der Waals surface area contributed by atoms with Crippen molar-refractivity contribution in [1.29, 1.82) is 0 Å². The number of amides is 2. The summed E-state index contributed by atoms with van der Waals surface area (Å²) in [5.41, 5.74) is 2.33. The molecule has 2 aromatic rings. The zero-order valence-corrected chi connectivity index (χ0v) is 16.2. The highest BCUT2D eigenvalue weighted by molar-refractivity contribution is 5.92. The highest BCUT2D eigenvalue weighted by Crippen LogP contribution is 2.28. The van der Waals surface area contributed by atoms with E-state index in [2.05, 4.69) is 26.3 Å². The van der Waals surface area contributed by atoms with Crippen LogP contribution in [0.2, 0.25) is 0 Å². The maximum absolute atomic E-state index is 12.6. The molecule has 0 radical (unpaired) electrons. The van der Waals surface area contributed by atoms with Crippen LogP contribution in [0.5, 0.6) is 0 Å².